The Morgan fingerprint density at radius 1 is 0.919 bits per heavy atom. The van der Waals surface area contributed by atoms with Gasteiger partial charge in [0.15, 0.2) is 0 Å². The fourth-order valence-electron chi connectivity index (χ4n) is 4.76. The molecule has 2 aromatic heterocycles. The van der Waals surface area contributed by atoms with Crippen molar-refractivity contribution in [3.63, 3.8) is 0 Å². The normalized spacial score (nSPS) is 11.8. The predicted molar refractivity (Wildman–Crippen MR) is 144 cm³/mol. The van der Waals surface area contributed by atoms with E-state index < -0.39 is 0 Å². The fourth-order valence-corrected chi connectivity index (χ4v) is 4.76. The maximum absolute atomic E-state index is 13.2. The Kier molecular flexibility index (Phi) is 7.26. The minimum Gasteiger partial charge on any atom is -0.497 e. The van der Waals surface area contributed by atoms with Crippen LogP contribution in [0, 0.1) is 0 Å². The van der Waals surface area contributed by atoms with Crippen molar-refractivity contribution >= 4 is 16.8 Å². The Labute approximate surface area is 216 Å². The van der Waals surface area contributed by atoms with E-state index in [1.165, 1.54) is 5.56 Å². The van der Waals surface area contributed by atoms with Gasteiger partial charge in [0.2, 0.25) is 5.91 Å². The molecule has 188 valence electrons. The van der Waals surface area contributed by atoms with Crippen molar-refractivity contribution < 1.29 is 18.7 Å². The SMILES string of the molecule is COc1cc(OC)cc([C@H](CC(=O)NCc2ccco2)c2cn(Cc3ccccc3)c3ccccc23)c1. The van der Waals surface area contributed by atoms with Crippen molar-refractivity contribution in [1.29, 1.82) is 0 Å². The first-order valence-electron chi connectivity index (χ1n) is 12.3. The van der Waals surface area contributed by atoms with Crippen LogP contribution in [0.25, 0.3) is 10.9 Å². The number of hydrogen-bond donors (Lipinski definition) is 1. The second kappa shape index (κ2) is 11.1. The molecule has 6 nitrogen and oxygen atoms in total. The van der Waals surface area contributed by atoms with Gasteiger partial charge in [-0.15, -0.1) is 0 Å². The van der Waals surface area contributed by atoms with E-state index in [1.54, 1.807) is 20.5 Å². The number of nitrogens with one attached hydrogen (secondary N) is 1. The molecule has 0 aliphatic carbocycles. The molecule has 3 aromatic carbocycles. The number of amides is 1. The number of carbonyl (C=O) groups is 1. The molecular weight excluding hydrogens is 464 g/mol. The quantitative estimate of drug-likeness (QED) is 0.253. The average molecular weight is 495 g/mol. The van der Waals surface area contributed by atoms with Gasteiger partial charge in [0.05, 0.1) is 27.0 Å². The number of rotatable bonds is 10. The number of fused-ring (bicyclic) bond motifs is 1. The molecule has 5 aromatic rings. The zero-order valence-electron chi connectivity index (χ0n) is 21.0. The number of aromatic nitrogens is 1. The number of carbonyl (C=O) groups excluding carboxylic acids is 1. The van der Waals surface area contributed by atoms with E-state index in [-0.39, 0.29) is 18.2 Å². The van der Waals surface area contributed by atoms with Gasteiger partial charge in [-0.1, -0.05) is 48.5 Å². The van der Waals surface area contributed by atoms with Crippen molar-refractivity contribution in [3.05, 3.63) is 120 Å². The maximum Gasteiger partial charge on any atom is 0.221 e. The number of hydrogen-bond acceptors (Lipinski definition) is 4. The highest BCUT2D eigenvalue weighted by molar-refractivity contribution is 5.87. The molecule has 0 saturated carbocycles. The van der Waals surface area contributed by atoms with Gasteiger partial charge in [-0.05, 0) is 47.0 Å². The number of nitrogens with zero attached hydrogens (tertiary/aromatic N) is 1. The van der Waals surface area contributed by atoms with Crippen LogP contribution in [0.2, 0.25) is 0 Å². The van der Waals surface area contributed by atoms with Crippen molar-refractivity contribution in [2.45, 2.75) is 25.4 Å². The second-order valence-corrected chi connectivity index (χ2v) is 8.97. The van der Waals surface area contributed by atoms with Crippen molar-refractivity contribution in [3.8, 4) is 11.5 Å². The lowest BCUT2D eigenvalue weighted by atomic mass is 9.87. The molecule has 5 rings (SSSR count). The van der Waals surface area contributed by atoms with E-state index >= 15 is 0 Å². The molecule has 0 radical (unpaired) electrons. The molecule has 0 fully saturated rings. The molecule has 0 saturated heterocycles. The molecule has 0 bridgehead atoms. The number of ether oxygens (including phenoxy) is 2. The topological polar surface area (TPSA) is 65.6 Å². The molecule has 0 unspecified atom stereocenters. The monoisotopic (exact) mass is 494 g/mol. The largest absolute Gasteiger partial charge is 0.497 e. The number of para-hydroxylation sites is 1. The van der Waals surface area contributed by atoms with Gasteiger partial charge in [-0.2, -0.15) is 0 Å². The van der Waals surface area contributed by atoms with Crippen LogP contribution in [0.4, 0.5) is 0 Å². The molecule has 1 atom stereocenters. The van der Waals surface area contributed by atoms with Crippen molar-refractivity contribution in [2.75, 3.05) is 14.2 Å². The Morgan fingerprint density at radius 3 is 2.35 bits per heavy atom. The van der Waals surface area contributed by atoms with E-state index in [4.69, 9.17) is 13.9 Å². The third-order valence-electron chi connectivity index (χ3n) is 6.60. The third kappa shape index (κ3) is 5.54. The van der Waals surface area contributed by atoms with Crippen LogP contribution in [0.15, 0.2) is 102 Å². The van der Waals surface area contributed by atoms with Crippen LogP contribution in [-0.2, 0) is 17.9 Å². The van der Waals surface area contributed by atoms with Crippen LogP contribution in [0.1, 0.15) is 34.8 Å². The average Bonchev–Trinajstić information content (AvgIpc) is 3.59. The fraction of sp³-hybridized carbons (Fsp3) is 0.194. The number of benzene rings is 3. The second-order valence-electron chi connectivity index (χ2n) is 8.97. The van der Waals surface area contributed by atoms with Gasteiger partial charge in [0.25, 0.3) is 0 Å². The molecule has 1 N–H and O–H groups in total. The summed E-state index contributed by atoms with van der Waals surface area (Å²) in [5, 5.41) is 4.12. The van der Waals surface area contributed by atoms with E-state index in [0.717, 1.165) is 28.6 Å². The summed E-state index contributed by atoms with van der Waals surface area (Å²) < 4.78 is 18.8. The van der Waals surface area contributed by atoms with E-state index in [0.29, 0.717) is 23.8 Å². The predicted octanol–water partition coefficient (Wildman–Crippen LogP) is 6.14. The third-order valence-corrected chi connectivity index (χ3v) is 6.60. The summed E-state index contributed by atoms with van der Waals surface area (Å²) in [5.74, 6) is 1.80. The summed E-state index contributed by atoms with van der Waals surface area (Å²) in [7, 11) is 3.27. The number of furan rings is 1. The van der Waals surface area contributed by atoms with Gasteiger partial charge in [-0.3, -0.25) is 4.79 Å². The van der Waals surface area contributed by atoms with Crippen molar-refractivity contribution in [1.82, 2.24) is 9.88 Å². The van der Waals surface area contributed by atoms with Crippen molar-refractivity contribution in [2.24, 2.45) is 0 Å². The molecule has 6 heteroatoms. The molecule has 37 heavy (non-hydrogen) atoms. The Hall–Kier alpha value is -4.45. The van der Waals surface area contributed by atoms with Crippen LogP contribution in [-0.4, -0.2) is 24.7 Å². The highest BCUT2D eigenvalue weighted by atomic mass is 16.5. The summed E-state index contributed by atoms with van der Waals surface area (Å²) >= 11 is 0. The summed E-state index contributed by atoms with van der Waals surface area (Å²) in [6.07, 6.45) is 4.04. The summed E-state index contributed by atoms with van der Waals surface area (Å²) in [5.41, 5.74) is 4.37. The Morgan fingerprint density at radius 2 is 1.65 bits per heavy atom. The van der Waals surface area contributed by atoms with Gasteiger partial charge in [0, 0.05) is 42.0 Å². The molecule has 2 heterocycles. The Balaban J connectivity index is 1.56. The highest BCUT2D eigenvalue weighted by Gasteiger charge is 2.24. The smallest absolute Gasteiger partial charge is 0.221 e. The van der Waals surface area contributed by atoms with E-state index in [2.05, 4.69) is 52.5 Å². The molecule has 0 aliphatic rings. The Bertz CT molecular complexity index is 1450. The van der Waals surface area contributed by atoms with Crippen LogP contribution < -0.4 is 14.8 Å². The molecular formula is C31H30N2O4. The standard InChI is InChI=1S/C31H30N2O4/c1-35-25-15-23(16-26(17-25)36-2)28(18-31(34)32-19-24-11-8-14-37-24)29-21-33(20-22-9-4-3-5-10-22)30-13-7-6-12-27(29)30/h3-17,21,28H,18-20H2,1-2H3,(H,32,34)/t28-/m0/s1. The zero-order chi connectivity index (χ0) is 25.6. The minimum atomic E-state index is -0.220. The number of methoxy groups -OCH3 is 2. The first kappa shape index (κ1) is 24.3. The van der Waals surface area contributed by atoms with E-state index in [9.17, 15) is 4.79 Å². The summed E-state index contributed by atoms with van der Waals surface area (Å²) in [4.78, 5) is 13.2. The van der Waals surface area contributed by atoms with Gasteiger partial charge < -0.3 is 23.8 Å². The van der Waals surface area contributed by atoms with Gasteiger partial charge in [0.1, 0.15) is 17.3 Å². The van der Waals surface area contributed by atoms with E-state index in [1.807, 2.05) is 48.5 Å². The lowest BCUT2D eigenvalue weighted by molar-refractivity contribution is -0.121. The molecule has 0 spiro atoms. The van der Waals surface area contributed by atoms with Crippen LogP contribution in [0.3, 0.4) is 0 Å². The lowest BCUT2D eigenvalue weighted by Gasteiger charge is -2.19. The molecule has 0 aliphatic heterocycles. The summed E-state index contributed by atoms with van der Waals surface area (Å²) in [6.45, 7) is 1.08. The maximum atomic E-state index is 13.2. The first-order chi connectivity index (χ1) is 18.1. The first-order valence-corrected chi connectivity index (χ1v) is 12.3. The zero-order valence-corrected chi connectivity index (χ0v) is 21.0. The minimum absolute atomic E-state index is 0.0666. The van der Waals surface area contributed by atoms with Gasteiger partial charge in [-0.25, -0.2) is 0 Å². The van der Waals surface area contributed by atoms with Gasteiger partial charge >= 0.3 is 0 Å². The highest BCUT2D eigenvalue weighted by Crippen LogP contribution is 2.38. The van der Waals surface area contributed by atoms with Crippen LogP contribution >= 0.6 is 0 Å². The lowest BCUT2D eigenvalue weighted by Crippen LogP contribution is -2.24. The van der Waals surface area contributed by atoms with Crippen LogP contribution in [0.5, 0.6) is 11.5 Å². The molecule has 1 amide bonds. The summed E-state index contributed by atoms with van der Waals surface area (Å²) in [6, 6.07) is 28.2.